The minimum atomic E-state index is -0.0874. The van der Waals surface area contributed by atoms with E-state index in [0.29, 0.717) is 6.54 Å². The molecule has 5 aliphatic heterocycles. The number of allylic oxidation sites excluding steroid dienone is 1. The standard InChI is InChI=1S/C30H33N3OS/c1-29(2)21-13-17(16-31)5-7-23(21)32-11-9-25-19(27(29)32)15-20-26(34-25)10-12-33-24-8-6-18(35)14-22(24)30(3,4)28(20)33/h5-8,13-15,25-26H,9-12,16,31H2,1-4H3/p+1. The number of hydrogen-bond donors (Lipinski definition) is 2. The lowest BCUT2D eigenvalue weighted by Gasteiger charge is -2.42. The van der Waals surface area contributed by atoms with E-state index in [-0.39, 0.29) is 23.0 Å². The highest BCUT2D eigenvalue weighted by atomic mass is 32.1. The summed E-state index contributed by atoms with van der Waals surface area (Å²) in [7, 11) is 0. The summed E-state index contributed by atoms with van der Waals surface area (Å²) in [5.74, 6) is 0. The molecule has 0 spiro atoms. The maximum atomic E-state index is 6.93. The highest BCUT2D eigenvalue weighted by molar-refractivity contribution is 7.80. The van der Waals surface area contributed by atoms with Crippen LogP contribution >= 0.6 is 12.6 Å². The molecule has 0 fully saturated rings. The maximum Gasteiger partial charge on any atom is 0.209 e. The van der Waals surface area contributed by atoms with E-state index in [1.165, 1.54) is 50.6 Å². The summed E-state index contributed by atoms with van der Waals surface area (Å²) in [4.78, 5) is 3.58. The summed E-state index contributed by atoms with van der Waals surface area (Å²) < 4.78 is 9.47. The number of nitrogens with two attached hydrogens (primary N) is 1. The molecule has 7 rings (SSSR count). The molecule has 5 heteroatoms. The quantitative estimate of drug-likeness (QED) is 0.423. The summed E-state index contributed by atoms with van der Waals surface area (Å²) in [6.07, 6.45) is 4.91. The lowest BCUT2D eigenvalue weighted by molar-refractivity contribution is -0.445. The van der Waals surface area contributed by atoms with Crippen LogP contribution in [-0.2, 0) is 22.1 Å². The molecule has 0 aliphatic carbocycles. The Hall–Kier alpha value is -2.34. The highest BCUT2D eigenvalue weighted by Gasteiger charge is 2.54. The summed E-state index contributed by atoms with van der Waals surface area (Å²) in [6, 6.07) is 13.4. The number of benzene rings is 2. The summed E-state index contributed by atoms with van der Waals surface area (Å²) in [5, 5.41) is 0. The average molecular weight is 485 g/mol. The van der Waals surface area contributed by atoms with Crippen LogP contribution in [0.1, 0.15) is 57.2 Å². The molecule has 180 valence electrons. The number of fused-ring (bicyclic) bond motifs is 8. The van der Waals surface area contributed by atoms with Crippen LogP contribution in [0, 0.1) is 0 Å². The van der Waals surface area contributed by atoms with Crippen LogP contribution in [-0.4, -0.2) is 35.6 Å². The number of nitrogens with zero attached hydrogens (tertiary/aromatic N) is 2. The highest BCUT2D eigenvalue weighted by Crippen LogP contribution is 2.54. The van der Waals surface area contributed by atoms with Gasteiger partial charge in [-0.25, -0.2) is 0 Å². The van der Waals surface area contributed by atoms with Crippen LogP contribution in [0.5, 0.6) is 0 Å². The molecule has 35 heavy (non-hydrogen) atoms. The average Bonchev–Trinajstić information content (AvgIpc) is 3.21. The van der Waals surface area contributed by atoms with Gasteiger partial charge in [0.15, 0.2) is 12.3 Å². The van der Waals surface area contributed by atoms with Gasteiger partial charge in [-0.15, -0.1) is 12.6 Å². The van der Waals surface area contributed by atoms with Crippen molar-refractivity contribution in [2.24, 2.45) is 5.73 Å². The van der Waals surface area contributed by atoms with E-state index >= 15 is 0 Å². The molecular weight excluding hydrogens is 450 g/mol. The van der Waals surface area contributed by atoms with Crippen molar-refractivity contribution in [1.29, 1.82) is 0 Å². The van der Waals surface area contributed by atoms with Crippen LogP contribution in [0.25, 0.3) is 0 Å². The van der Waals surface area contributed by atoms with E-state index in [4.69, 9.17) is 10.5 Å². The second kappa shape index (κ2) is 7.12. The van der Waals surface area contributed by atoms with Gasteiger partial charge >= 0.3 is 0 Å². The second-order valence-electron chi connectivity index (χ2n) is 11.8. The Kier molecular flexibility index (Phi) is 4.45. The molecular formula is C30H34N3OS+. The van der Waals surface area contributed by atoms with Crippen molar-refractivity contribution in [1.82, 2.24) is 0 Å². The molecule has 0 bridgehead atoms. The zero-order chi connectivity index (χ0) is 24.3. The summed E-state index contributed by atoms with van der Waals surface area (Å²) >= 11 is 4.66. The molecule has 4 nitrogen and oxygen atoms in total. The van der Waals surface area contributed by atoms with E-state index < -0.39 is 0 Å². The van der Waals surface area contributed by atoms with Gasteiger partial charge in [0.2, 0.25) is 5.69 Å². The van der Waals surface area contributed by atoms with Crippen LogP contribution in [0.15, 0.2) is 64.2 Å². The van der Waals surface area contributed by atoms with Crippen molar-refractivity contribution < 1.29 is 9.31 Å². The fourth-order valence-electron chi connectivity index (χ4n) is 7.45. The Balaban J connectivity index is 1.43. The van der Waals surface area contributed by atoms with Crippen molar-refractivity contribution in [3.63, 3.8) is 0 Å². The minimum absolute atomic E-state index is 0.0848. The Morgan fingerprint density at radius 3 is 2.66 bits per heavy atom. The van der Waals surface area contributed by atoms with E-state index in [1.54, 1.807) is 0 Å². The first-order valence-electron chi connectivity index (χ1n) is 12.9. The fraction of sp³-hybridized carbons (Fsp3) is 0.433. The van der Waals surface area contributed by atoms with Crippen molar-refractivity contribution in [2.75, 3.05) is 18.0 Å². The molecule has 5 aliphatic rings. The Bertz CT molecular complexity index is 1400. The smallest absolute Gasteiger partial charge is 0.209 e. The molecule has 0 saturated carbocycles. The van der Waals surface area contributed by atoms with Gasteiger partial charge in [0.05, 0.1) is 17.6 Å². The number of ether oxygens (including phenoxy) is 1. The third-order valence-corrected chi connectivity index (χ3v) is 9.32. The van der Waals surface area contributed by atoms with Crippen molar-refractivity contribution >= 4 is 29.7 Å². The second-order valence-corrected chi connectivity index (χ2v) is 12.3. The number of hydrogen-bond acceptors (Lipinski definition) is 4. The SMILES string of the molecule is CC1(C)C2=C3C=C4C5=[N+](CCC4OC3CCN2c2ccc(CN)cc21)c1ccc(S)cc1C5(C)C. The van der Waals surface area contributed by atoms with Crippen molar-refractivity contribution in [3.05, 3.63) is 76.0 Å². The van der Waals surface area contributed by atoms with Gasteiger partial charge in [-0.3, -0.25) is 0 Å². The molecule has 0 radical (unpaired) electrons. The summed E-state index contributed by atoms with van der Waals surface area (Å²) in [6.45, 7) is 12.0. The van der Waals surface area contributed by atoms with Gasteiger partial charge in [-0.05, 0) is 55.7 Å². The molecule has 2 unspecified atom stereocenters. The van der Waals surface area contributed by atoms with E-state index in [1.807, 2.05) is 0 Å². The number of rotatable bonds is 1. The van der Waals surface area contributed by atoms with Gasteiger partial charge < -0.3 is 15.4 Å². The van der Waals surface area contributed by atoms with Gasteiger partial charge in [-0.2, -0.15) is 4.58 Å². The van der Waals surface area contributed by atoms with Gasteiger partial charge in [-0.1, -0.05) is 26.0 Å². The third kappa shape index (κ3) is 2.80. The molecule has 0 amide bonds. The monoisotopic (exact) mass is 484 g/mol. The zero-order valence-corrected chi connectivity index (χ0v) is 22.0. The molecule has 2 aromatic carbocycles. The molecule has 0 saturated heterocycles. The normalized spacial score (nSPS) is 27.0. The van der Waals surface area contributed by atoms with Crippen molar-refractivity contribution in [3.8, 4) is 0 Å². The largest absolute Gasteiger partial charge is 0.365 e. The maximum absolute atomic E-state index is 6.93. The van der Waals surface area contributed by atoms with Gasteiger partial charge in [0.25, 0.3) is 0 Å². The minimum Gasteiger partial charge on any atom is -0.365 e. The van der Waals surface area contributed by atoms with Gasteiger partial charge in [0, 0.05) is 64.0 Å². The molecule has 2 aromatic rings. The van der Waals surface area contributed by atoms with Crippen LogP contribution in [0.2, 0.25) is 0 Å². The lowest BCUT2D eigenvalue weighted by atomic mass is 9.74. The Labute approximate surface area is 213 Å². The van der Waals surface area contributed by atoms with Crippen molar-refractivity contribution in [2.45, 2.75) is 75.0 Å². The molecule has 2 N–H and O–H groups in total. The zero-order valence-electron chi connectivity index (χ0n) is 21.1. The first-order chi connectivity index (χ1) is 16.7. The Morgan fingerprint density at radius 1 is 1.03 bits per heavy atom. The van der Waals surface area contributed by atoms with E-state index in [0.717, 1.165) is 30.8 Å². The van der Waals surface area contributed by atoms with E-state index in [2.05, 4.69) is 92.3 Å². The molecule has 5 heterocycles. The van der Waals surface area contributed by atoms with Crippen LogP contribution in [0.3, 0.4) is 0 Å². The molecule has 2 atom stereocenters. The molecule has 0 aromatic heterocycles. The number of thiol groups is 1. The number of anilines is 1. The van der Waals surface area contributed by atoms with Crippen LogP contribution in [0.4, 0.5) is 11.4 Å². The fourth-order valence-corrected chi connectivity index (χ4v) is 7.66. The predicted molar refractivity (Wildman–Crippen MR) is 144 cm³/mol. The first kappa shape index (κ1) is 21.9. The first-order valence-corrected chi connectivity index (χ1v) is 13.4. The van der Waals surface area contributed by atoms with Crippen LogP contribution < -0.4 is 10.6 Å². The van der Waals surface area contributed by atoms with E-state index in [9.17, 15) is 0 Å². The third-order valence-electron chi connectivity index (χ3n) is 9.04. The van der Waals surface area contributed by atoms with Gasteiger partial charge in [0.1, 0.15) is 0 Å². The Morgan fingerprint density at radius 2 is 1.86 bits per heavy atom. The summed E-state index contributed by atoms with van der Waals surface area (Å²) in [5.41, 5.74) is 18.0. The predicted octanol–water partition coefficient (Wildman–Crippen LogP) is 5.36. The lowest BCUT2D eigenvalue weighted by Crippen LogP contribution is -2.47. The topological polar surface area (TPSA) is 41.5 Å².